The van der Waals surface area contributed by atoms with Gasteiger partial charge in [-0.25, -0.2) is 15.0 Å². The quantitative estimate of drug-likeness (QED) is 0.362. The predicted octanol–water partition coefficient (Wildman–Crippen LogP) is 4.37. The molecule has 0 amide bonds. The first-order valence-electron chi connectivity index (χ1n) is 8.71. The zero-order valence-electron chi connectivity index (χ0n) is 15.1. The number of hydrogen-bond acceptors (Lipinski definition) is 8. The minimum Gasteiger partial charge on any atom is -0.378 e. The molecule has 0 aliphatic heterocycles. The van der Waals surface area contributed by atoms with Crippen LogP contribution in [0.2, 0.25) is 0 Å². The van der Waals surface area contributed by atoms with E-state index < -0.39 is 4.92 Å². The molecule has 0 spiro atoms. The molecule has 0 bridgehead atoms. The van der Waals surface area contributed by atoms with E-state index in [4.69, 9.17) is 10.7 Å². The summed E-state index contributed by atoms with van der Waals surface area (Å²) in [7, 11) is 0. The fraction of sp³-hybridized carbons (Fsp3) is 0.0500. The van der Waals surface area contributed by atoms with Crippen LogP contribution in [0.1, 0.15) is 5.56 Å². The lowest BCUT2D eigenvalue weighted by atomic mass is 10.1. The molecule has 0 atom stereocenters. The molecule has 4 rings (SSSR count). The molecular formula is C20H16N6O2S. The molecule has 9 heteroatoms. The van der Waals surface area contributed by atoms with Crippen LogP contribution in [-0.4, -0.2) is 19.9 Å². The first-order chi connectivity index (χ1) is 14.1. The molecule has 144 valence electrons. The minimum absolute atomic E-state index is 0.0912. The molecule has 0 unspecified atom stereocenters. The number of nitrogens with zero attached hydrogens (tertiary/aromatic N) is 4. The van der Waals surface area contributed by atoms with Crippen LogP contribution < -0.4 is 11.1 Å². The summed E-state index contributed by atoms with van der Waals surface area (Å²) in [6.07, 6.45) is 1.20. The van der Waals surface area contributed by atoms with Crippen LogP contribution in [0.15, 0.2) is 66.3 Å². The molecule has 4 aromatic rings. The van der Waals surface area contributed by atoms with E-state index in [0.29, 0.717) is 6.54 Å². The first kappa shape index (κ1) is 18.5. The highest BCUT2D eigenvalue weighted by molar-refractivity contribution is 7.13. The third kappa shape index (κ3) is 4.04. The van der Waals surface area contributed by atoms with Crippen molar-refractivity contribution in [1.82, 2.24) is 15.0 Å². The molecule has 0 fully saturated rings. The number of rotatable bonds is 6. The Kier molecular flexibility index (Phi) is 5.12. The molecular weight excluding hydrogens is 388 g/mol. The van der Waals surface area contributed by atoms with Crippen LogP contribution >= 0.6 is 11.3 Å². The van der Waals surface area contributed by atoms with Gasteiger partial charge in [0.1, 0.15) is 11.3 Å². The van der Waals surface area contributed by atoms with Crippen molar-refractivity contribution in [2.24, 2.45) is 0 Å². The maximum absolute atomic E-state index is 11.2. The molecule has 2 aromatic heterocycles. The van der Waals surface area contributed by atoms with E-state index >= 15 is 0 Å². The van der Waals surface area contributed by atoms with Crippen LogP contribution in [0.25, 0.3) is 21.8 Å². The average Bonchev–Trinajstić information content (AvgIpc) is 3.23. The molecule has 3 N–H and O–H groups in total. The van der Waals surface area contributed by atoms with Gasteiger partial charge in [0.25, 0.3) is 0 Å². The minimum atomic E-state index is -0.589. The van der Waals surface area contributed by atoms with Gasteiger partial charge in [0.2, 0.25) is 11.6 Å². The van der Waals surface area contributed by atoms with Gasteiger partial charge in [-0.2, -0.15) is 0 Å². The first-order valence-corrected chi connectivity index (χ1v) is 9.59. The third-order valence-electron chi connectivity index (χ3n) is 4.24. The smallest absolute Gasteiger partial charge is 0.352 e. The van der Waals surface area contributed by atoms with Gasteiger partial charge in [0.15, 0.2) is 0 Å². The van der Waals surface area contributed by atoms with Crippen molar-refractivity contribution in [3.8, 4) is 21.8 Å². The fourth-order valence-electron chi connectivity index (χ4n) is 2.85. The molecule has 29 heavy (non-hydrogen) atoms. The van der Waals surface area contributed by atoms with E-state index in [1.165, 1.54) is 6.33 Å². The van der Waals surface area contributed by atoms with E-state index in [2.05, 4.69) is 15.3 Å². The molecule has 2 aromatic carbocycles. The second-order valence-electron chi connectivity index (χ2n) is 6.17. The molecule has 0 saturated heterocycles. The highest BCUT2D eigenvalue weighted by atomic mass is 32.1. The largest absolute Gasteiger partial charge is 0.378 e. The van der Waals surface area contributed by atoms with Crippen molar-refractivity contribution in [1.29, 1.82) is 0 Å². The Bertz CT molecular complexity index is 1160. The van der Waals surface area contributed by atoms with E-state index in [1.807, 2.05) is 60.0 Å². The van der Waals surface area contributed by atoms with Crippen LogP contribution in [0.3, 0.4) is 0 Å². The van der Waals surface area contributed by atoms with Crippen molar-refractivity contribution in [2.75, 3.05) is 11.1 Å². The van der Waals surface area contributed by atoms with E-state index in [0.717, 1.165) is 27.4 Å². The van der Waals surface area contributed by atoms with Crippen molar-refractivity contribution >= 4 is 28.7 Å². The molecule has 0 aliphatic rings. The SMILES string of the molecule is Nc1ncnc(NCc2cccc(-c3nc(-c4ccccc4)cs3)c2)c1[N+](=O)[O-]. The van der Waals surface area contributed by atoms with Gasteiger partial charge in [-0.15, -0.1) is 11.3 Å². The zero-order chi connectivity index (χ0) is 20.2. The number of nitrogen functional groups attached to an aromatic ring is 1. The maximum atomic E-state index is 11.2. The number of aromatic nitrogens is 3. The van der Waals surface area contributed by atoms with Crippen molar-refractivity contribution in [2.45, 2.75) is 6.54 Å². The van der Waals surface area contributed by atoms with Crippen LogP contribution in [0.5, 0.6) is 0 Å². The van der Waals surface area contributed by atoms with E-state index in [1.54, 1.807) is 11.3 Å². The van der Waals surface area contributed by atoms with Crippen LogP contribution in [0.4, 0.5) is 17.3 Å². The Balaban J connectivity index is 1.54. The Hall–Kier alpha value is -3.85. The normalized spacial score (nSPS) is 10.6. The molecule has 8 nitrogen and oxygen atoms in total. The summed E-state index contributed by atoms with van der Waals surface area (Å²) >= 11 is 1.57. The van der Waals surface area contributed by atoms with Crippen molar-refractivity contribution < 1.29 is 4.92 Å². The Morgan fingerprint density at radius 3 is 2.66 bits per heavy atom. The summed E-state index contributed by atoms with van der Waals surface area (Å²) in [5.74, 6) is -0.0778. The van der Waals surface area contributed by atoms with E-state index in [9.17, 15) is 10.1 Å². The number of hydrogen-bond donors (Lipinski definition) is 2. The summed E-state index contributed by atoms with van der Waals surface area (Å²) in [5, 5.41) is 17.1. The van der Waals surface area contributed by atoms with Gasteiger partial charge in [0.05, 0.1) is 10.6 Å². The topological polar surface area (TPSA) is 120 Å². The van der Waals surface area contributed by atoms with Crippen LogP contribution in [0, 0.1) is 10.1 Å². The highest BCUT2D eigenvalue weighted by Gasteiger charge is 2.20. The summed E-state index contributed by atoms with van der Waals surface area (Å²) in [6, 6.07) is 17.8. The van der Waals surface area contributed by atoms with Gasteiger partial charge in [-0.3, -0.25) is 10.1 Å². The predicted molar refractivity (Wildman–Crippen MR) is 113 cm³/mol. The monoisotopic (exact) mass is 404 g/mol. The number of nitrogens with one attached hydrogen (secondary N) is 1. The zero-order valence-corrected chi connectivity index (χ0v) is 16.0. The van der Waals surface area contributed by atoms with Gasteiger partial charge < -0.3 is 11.1 Å². The molecule has 0 saturated carbocycles. The third-order valence-corrected chi connectivity index (χ3v) is 5.13. The number of thiazole rings is 1. The lowest BCUT2D eigenvalue weighted by Gasteiger charge is -2.08. The Labute approximate surface area is 170 Å². The van der Waals surface area contributed by atoms with Gasteiger partial charge in [-0.1, -0.05) is 48.5 Å². The molecule has 2 heterocycles. The highest BCUT2D eigenvalue weighted by Crippen LogP contribution is 2.30. The summed E-state index contributed by atoms with van der Waals surface area (Å²) in [4.78, 5) is 23.0. The number of anilines is 2. The summed E-state index contributed by atoms with van der Waals surface area (Å²) < 4.78 is 0. The number of nitrogens with two attached hydrogens (primary N) is 1. The number of nitro groups is 1. The fourth-order valence-corrected chi connectivity index (χ4v) is 3.68. The standard InChI is InChI=1S/C20H16N6O2S/c21-18-17(26(27)28)19(24-12-23-18)22-10-13-5-4-8-15(9-13)20-25-16(11-29-20)14-6-2-1-3-7-14/h1-9,11-12H,10H2,(H3,21,22,23,24). The second kappa shape index (κ2) is 8.03. The second-order valence-corrected chi connectivity index (χ2v) is 7.03. The molecule has 0 aliphatic carbocycles. The van der Waals surface area contributed by atoms with E-state index in [-0.39, 0.29) is 17.3 Å². The van der Waals surface area contributed by atoms with Crippen molar-refractivity contribution in [3.63, 3.8) is 0 Å². The maximum Gasteiger partial charge on any atom is 0.352 e. The molecule has 0 radical (unpaired) electrons. The Morgan fingerprint density at radius 2 is 1.86 bits per heavy atom. The van der Waals surface area contributed by atoms with Gasteiger partial charge in [-0.05, 0) is 11.6 Å². The average molecular weight is 404 g/mol. The van der Waals surface area contributed by atoms with Crippen LogP contribution in [-0.2, 0) is 6.54 Å². The van der Waals surface area contributed by atoms with Gasteiger partial charge in [0, 0.05) is 23.1 Å². The number of benzene rings is 2. The summed E-state index contributed by atoms with van der Waals surface area (Å²) in [5.41, 5.74) is 9.20. The van der Waals surface area contributed by atoms with Gasteiger partial charge >= 0.3 is 5.69 Å². The summed E-state index contributed by atoms with van der Waals surface area (Å²) in [6.45, 7) is 0.349. The Morgan fingerprint density at radius 1 is 1.07 bits per heavy atom. The van der Waals surface area contributed by atoms with Crippen molar-refractivity contribution in [3.05, 3.63) is 82.0 Å². The lowest BCUT2D eigenvalue weighted by molar-refractivity contribution is -0.383. The lowest BCUT2D eigenvalue weighted by Crippen LogP contribution is -2.08.